The van der Waals surface area contributed by atoms with Gasteiger partial charge >= 0.3 is 0 Å². The van der Waals surface area contributed by atoms with Gasteiger partial charge in [-0.05, 0) is 37.5 Å². The molecule has 0 amide bonds. The zero-order chi connectivity index (χ0) is 14.9. The van der Waals surface area contributed by atoms with Gasteiger partial charge < -0.3 is 5.73 Å². The predicted octanol–water partition coefficient (Wildman–Crippen LogP) is 2.98. The highest BCUT2D eigenvalue weighted by atomic mass is 19.2. The maximum Gasteiger partial charge on any atom is 0.164 e. The molecular formula is C15H17F2N3. The molecule has 1 atom stereocenters. The summed E-state index contributed by atoms with van der Waals surface area (Å²) in [5.74, 6) is -1.75. The van der Waals surface area contributed by atoms with Gasteiger partial charge in [-0.15, -0.1) is 0 Å². The van der Waals surface area contributed by atoms with Gasteiger partial charge in [-0.3, -0.25) is 0 Å². The van der Waals surface area contributed by atoms with Gasteiger partial charge in [-0.25, -0.2) is 8.78 Å². The number of hydrogen-bond acceptors (Lipinski definition) is 3. The molecule has 1 unspecified atom stereocenters. The number of aryl methyl sites for hydroxylation is 3. The standard InChI is InChI=1S/C15H17F2N3/c1-4-12-11(7-9(3)19-20-12)15(18)10-6-5-8(2)13(16)14(10)17/h5-7,15H,4,18H2,1-3H3. The molecule has 5 heteroatoms. The third-order valence-corrected chi connectivity index (χ3v) is 3.34. The molecule has 2 rings (SSSR count). The Balaban J connectivity index is 2.54. The molecule has 0 aliphatic heterocycles. The van der Waals surface area contributed by atoms with E-state index in [0.717, 1.165) is 0 Å². The summed E-state index contributed by atoms with van der Waals surface area (Å²) in [6.07, 6.45) is 0.631. The Hall–Kier alpha value is -1.88. The highest BCUT2D eigenvalue weighted by Crippen LogP contribution is 2.27. The molecule has 1 aromatic carbocycles. The fraction of sp³-hybridized carbons (Fsp3) is 0.333. The summed E-state index contributed by atoms with van der Waals surface area (Å²) in [5.41, 5.74) is 8.58. The van der Waals surface area contributed by atoms with E-state index in [4.69, 9.17) is 5.73 Å². The van der Waals surface area contributed by atoms with E-state index in [-0.39, 0.29) is 11.1 Å². The highest BCUT2D eigenvalue weighted by molar-refractivity contribution is 5.37. The smallest absolute Gasteiger partial charge is 0.164 e. The minimum absolute atomic E-state index is 0.134. The maximum atomic E-state index is 14.0. The molecule has 0 saturated heterocycles. The van der Waals surface area contributed by atoms with Crippen LogP contribution >= 0.6 is 0 Å². The Bertz CT molecular complexity index is 641. The summed E-state index contributed by atoms with van der Waals surface area (Å²) >= 11 is 0. The molecule has 0 radical (unpaired) electrons. The lowest BCUT2D eigenvalue weighted by Crippen LogP contribution is -2.18. The first-order valence-electron chi connectivity index (χ1n) is 6.48. The Morgan fingerprint density at radius 1 is 1.10 bits per heavy atom. The third-order valence-electron chi connectivity index (χ3n) is 3.34. The van der Waals surface area contributed by atoms with Crippen LogP contribution in [0.1, 0.15) is 41.0 Å². The number of nitrogens with zero attached hydrogens (tertiary/aromatic N) is 2. The molecule has 0 fully saturated rings. The van der Waals surface area contributed by atoms with Crippen LogP contribution in [0.3, 0.4) is 0 Å². The van der Waals surface area contributed by atoms with Crippen LogP contribution in [0.5, 0.6) is 0 Å². The molecule has 1 aromatic heterocycles. The van der Waals surface area contributed by atoms with Gasteiger partial charge in [0.2, 0.25) is 0 Å². The zero-order valence-electron chi connectivity index (χ0n) is 11.7. The van der Waals surface area contributed by atoms with Crippen molar-refractivity contribution in [2.45, 2.75) is 33.2 Å². The minimum Gasteiger partial charge on any atom is -0.320 e. The van der Waals surface area contributed by atoms with Gasteiger partial charge in [0.05, 0.1) is 17.4 Å². The number of aromatic nitrogens is 2. The van der Waals surface area contributed by atoms with Crippen LogP contribution < -0.4 is 5.73 Å². The lowest BCUT2D eigenvalue weighted by molar-refractivity contribution is 0.489. The molecule has 20 heavy (non-hydrogen) atoms. The molecule has 0 bridgehead atoms. The number of benzene rings is 1. The first-order valence-corrected chi connectivity index (χ1v) is 6.48. The van der Waals surface area contributed by atoms with Gasteiger partial charge in [-0.1, -0.05) is 19.1 Å². The van der Waals surface area contributed by atoms with Crippen LogP contribution in [0.4, 0.5) is 8.78 Å². The molecule has 0 aliphatic rings. The second kappa shape index (κ2) is 5.63. The Morgan fingerprint density at radius 2 is 1.80 bits per heavy atom. The van der Waals surface area contributed by atoms with E-state index in [2.05, 4.69) is 10.2 Å². The van der Waals surface area contributed by atoms with E-state index in [1.165, 1.54) is 19.1 Å². The monoisotopic (exact) mass is 277 g/mol. The summed E-state index contributed by atoms with van der Waals surface area (Å²) in [4.78, 5) is 0. The highest BCUT2D eigenvalue weighted by Gasteiger charge is 2.20. The molecule has 1 heterocycles. The van der Waals surface area contributed by atoms with Crippen molar-refractivity contribution < 1.29 is 8.78 Å². The third kappa shape index (κ3) is 2.54. The van der Waals surface area contributed by atoms with Crippen LogP contribution in [0.15, 0.2) is 18.2 Å². The van der Waals surface area contributed by atoms with Crippen LogP contribution in [-0.2, 0) is 6.42 Å². The fourth-order valence-electron chi connectivity index (χ4n) is 2.15. The van der Waals surface area contributed by atoms with Crippen molar-refractivity contribution in [2.75, 3.05) is 0 Å². The Kier molecular flexibility index (Phi) is 4.09. The number of rotatable bonds is 3. The van der Waals surface area contributed by atoms with Crippen molar-refractivity contribution in [3.63, 3.8) is 0 Å². The molecule has 3 nitrogen and oxygen atoms in total. The van der Waals surface area contributed by atoms with E-state index in [9.17, 15) is 8.78 Å². The van der Waals surface area contributed by atoms with E-state index >= 15 is 0 Å². The quantitative estimate of drug-likeness (QED) is 0.938. The summed E-state index contributed by atoms with van der Waals surface area (Å²) in [5, 5.41) is 8.03. The second-order valence-electron chi connectivity index (χ2n) is 4.82. The molecule has 0 saturated carbocycles. The summed E-state index contributed by atoms with van der Waals surface area (Å²) in [6, 6.07) is 4.07. The lowest BCUT2D eigenvalue weighted by atomic mass is 9.95. The van der Waals surface area contributed by atoms with Crippen LogP contribution in [0, 0.1) is 25.5 Å². The molecule has 2 N–H and O–H groups in total. The largest absolute Gasteiger partial charge is 0.320 e. The average molecular weight is 277 g/mol. The second-order valence-corrected chi connectivity index (χ2v) is 4.82. The van der Waals surface area contributed by atoms with Crippen molar-refractivity contribution in [3.05, 3.63) is 57.9 Å². The van der Waals surface area contributed by atoms with E-state index in [1.54, 1.807) is 13.0 Å². The molecule has 0 spiro atoms. The number of halogens is 2. The van der Waals surface area contributed by atoms with Gasteiger partial charge in [0, 0.05) is 5.56 Å². The van der Waals surface area contributed by atoms with Gasteiger partial charge in [-0.2, -0.15) is 10.2 Å². The van der Waals surface area contributed by atoms with Gasteiger partial charge in [0.15, 0.2) is 11.6 Å². The fourth-order valence-corrected chi connectivity index (χ4v) is 2.15. The van der Waals surface area contributed by atoms with E-state index < -0.39 is 17.7 Å². The van der Waals surface area contributed by atoms with Crippen molar-refractivity contribution >= 4 is 0 Å². The normalized spacial score (nSPS) is 12.5. The minimum atomic E-state index is -0.894. The molecule has 0 aliphatic carbocycles. The maximum absolute atomic E-state index is 14.0. The first-order chi connectivity index (χ1) is 9.45. The molecule has 106 valence electrons. The van der Waals surface area contributed by atoms with Crippen molar-refractivity contribution in [3.8, 4) is 0 Å². The number of hydrogen-bond donors (Lipinski definition) is 1. The van der Waals surface area contributed by atoms with Crippen molar-refractivity contribution in [1.29, 1.82) is 0 Å². The van der Waals surface area contributed by atoms with Gasteiger partial charge in [0.25, 0.3) is 0 Å². The van der Waals surface area contributed by atoms with Crippen LogP contribution in [-0.4, -0.2) is 10.2 Å². The van der Waals surface area contributed by atoms with Crippen LogP contribution in [0.2, 0.25) is 0 Å². The average Bonchev–Trinajstić information content (AvgIpc) is 2.44. The Morgan fingerprint density at radius 3 is 2.45 bits per heavy atom. The van der Waals surface area contributed by atoms with Gasteiger partial charge in [0.1, 0.15) is 0 Å². The number of nitrogens with two attached hydrogens (primary N) is 1. The predicted molar refractivity (Wildman–Crippen MR) is 73.3 cm³/mol. The lowest BCUT2D eigenvalue weighted by Gasteiger charge is -2.17. The van der Waals surface area contributed by atoms with E-state index in [1.807, 2.05) is 6.92 Å². The summed E-state index contributed by atoms with van der Waals surface area (Å²) < 4.78 is 27.7. The zero-order valence-corrected chi connectivity index (χ0v) is 11.7. The SMILES string of the molecule is CCc1nnc(C)cc1C(N)c1ccc(C)c(F)c1F. The first kappa shape index (κ1) is 14.5. The molecule has 2 aromatic rings. The Labute approximate surface area is 116 Å². The van der Waals surface area contributed by atoms with E-state index in [0.29, 0.717) is 23.4 Å². The summed E-state index contributed by atoms with van der Waals surface area (Å²) in [7, 11) is 0. The van der Waals surface area contributed by atoms with Crippen LogP contribution in [0.25, 0.3) is 0 Å². The molecular weight excluding hydrogens is 260 g/mol. The van der Waals surface area contributed by atoms with Crippen molar-refractivity contribution in [2.24, 2.45) is 5.73 Å². The van der Waals surface area contributed by atoms with Crippen molar-refractivity contribution in [1.82, 2.24) is 10.2 Å². The topological polar surface area (TPSA) is 51.8 Å². The summed E-state index contributed by atoms with van der Waals surface area (Å²) in [6.45, 7) is 5.22.